The van der Waals surface area contributed by atoms with Crippen molar-refractivity contribution in [2.45, 2.75) is 58.5 Å². The third kappa shape index (κ3) is 5.70. The Morgan fingerprint density at radius 3 is 2.11 bits per heavy atom. The summed E-state index contributed by atoms with van der Waals surface area (Å²) in [5, 5.41) is 9.29. The van der Waals surface area contributed by atoms with Gasteiger partial charge in [-0.15, -0.1) is 0 Å². The molecule has 112 valence electrons. The molecule has 1 atom stereocenters. The summed E-state index contributed by atoms with van der Waals surface area (Å²) in [5.74, 6) is -1.73. The molecule has 0 bridgehead atoms. The average Bonchev–Trinajstić information content (AvgIpc) is 2.39. The molecule has 0 radical (unpaired) electrons. The van der Waals surface area contributed by atoms with E-state index in [1.54, 1.807) is 6.92 Å². The van der Waals surface area contributed by atoms with E-state index in [0.29, 0.717) is 6.61 Å². The molecular formula is C14H26O5. The molecule has 0 aromatic carbocycles. The number of carbonyl (C=O) groups is 2. The van der Waals surface area contributed by atoms with E-state index in [4.69, 9.17) is 9.47 Å². The number of carboxylic acids is 1. The summed E-state index contributed by atoms with van der Waals surface area (Å²) >= 11 is 0. The molecule has 0 saturated heterocycles. The molecule has 0 rings (SSSR count). The third-order valence-electron chi connectivity index (χ3n) is 3.02. The Morgan fingerprint density at radius 1 is 1.05 bits per heavy atom. The van der Waals surface area contributed by atoms with Gasteiger partial charge in [0.05, 0.1) is 0 Å². The highest BCUT2D eigenvalue weighted by Gasteiger charge is 2.45. The van der Waals surface area contributed by atoms with Crippen LogP contribution in [-0.4, -0.2) is 42.3 Å². The van der Waals surface area contributed by atoms with Crippen LogP contribution in [0.4, 0.5) is 0 Å². The quantitative estimate of drug-likeness (QED) is 0.437. The molecular weight excluding hydrogens is 248 g/mol. The SMILES string of the molecule is CCCCOCC(=O)C(CC)(OCCCC)C(=O)O. The lowest BCUT2D eigenvalue weighted by Crippen LogP contribution is -2.50. The number of Topliss-reactive ketones (excluding diaryl/α,β-unsaturated/α-hetero) is 1. The highest BCUT2D eigenvalue weighted by Crippen LogP contribution is 2.19. The molecule has 0 amide bonds. The van der Waals surface area contributed by atoms with Crippen LogP contribution in [0.25, 0.3) is 0 Å². The summed E-state index contributed by atoms with van der Waals surface area (Å²) in [7, 11) is 0. The van der Waals surface area contributed by atoms with E-state index >= 15 is 0 Å². The number of ether oxygens (including phenoxy) is 2. The van der Waals surface area contributed by atoms with Crippen molar-refractivity contribution in [2.75, 3.05) is 19.8 Å². The number of carboxylic acid groups (broad SMARTS) is 1. The molecule has 0 aliphatic rings. The number of hydrogen-bond acceptors (Lipinski definition) is 4. The number of rotatable bonds is 12. The molecule has 5 nitrogen and oxygen atoms in total. The summed E-state index contributed by atoms with van der Waals surface area (Å²) in [6, 6.07) is 0. The Morgan fingerprint density at radius 2 is 1.63 bits per heavy atom. The van der Waals surface area contributed by atoms with Crippen molar-refractivity contribution in [1.29, 1.82) is 0 Å². The van der Waals surface area contributed by atoms with Crippen molar-refractivity contribution < 1.29 is 24.2 Å². The standard InChI is InChI=1S/C14H26O5/c1-4-7-9-18-11-12(15)14(6-3,13(16)17)19-10-8-5-2/h4-11H2,1-3H3,(H,16,17). The first-order valence-corrected chi connectivity index (χ1v) is 7.03. The Bertz CT molecular complexity index is 277. The minimum Gasteiger partial charge on any atom is -0.479 e. The van der Waals surface area contributed by atoms with Gasteiger partial charge in [-0.2, -0.15) is 0 Å². The Labute approximate surface area is 115 Å². The zero-order valence-corrected chi connectivity index (χ0v) is 12.2. The maximum Gasteiger partial charge on any atom is 0.343 e. The van der Waals surface area contributed by atoms with Crippen LogP contribution >= 0.6 is 0 Å². The largest absolute Gasteiger partial charge is 0.479 e. The fourth-order valence-electron chi connectivity index (χ4n) is 1.63. The van der Waals surface area contributed by atoms with Crippen LogP contribution in [0.15, 0.2) is 0 Å². The van der Waals surface area contributed by atoms with Crippen LogP contribution in [0, 0.1) is 0 Å². The van der Waals surface area contributed by atoms with Crippen LogP contribution in [0.3, 0.4) is 0 Å². The van der Waals surface area contributed by atoms with Crippen molar-refractivity contribution in [3.63, 3.8) is 0 Å². The molecule has 0 saturated carbocycles. The molecule has 0 heterocycles. The number of ketones is 1. The monoisotopic (exact) mass is 274 g/mol. The first-order valence-electron chi connectivity index (χ1n) is 7.03. The highest BCUT2D eigenvalue weighted by molar-refractivity contribution is 6.07. The number of aliphatic carboxylic acids is 1. The first-order chi connectivity index (χ1) is 9.05. The van der Waals surface area contributed by atoms with Gasteiger partial charge in [0.1, 0.15) is 6.61 Å². The molecule has 0 spiro atoms. The van der Waals surface area contributed by atoms with Crippen molar-refractivity contribution in [3.05, 3.63) is 0 Å². The van der Waals surface area contributed by atoms with Gasteiger partial charge in [-0.1, -0.05) is 33.6 Å². The predicted octanol–water partition coefficient (Wildman–Crippen LogP) is 2.42. The molecule has 0 aliphatic carbocycles. The van der Waals surface area contributed by atoms with Crippen molar-refractivity contribution in [2.24, 2.45) is 0 Å². The topological polar surface area (TPSA) is 72.8 Å². The van der Waals surface area contributed by atoms with E-state index in [0.717, 1.165) is 25.7 Å². The fourth-order valence-corrected chi connectivity index (χ4v) is 1.63. The van der Waals surface area contributed by atoms with Crippen molar-refractivity contribution in [1.82, 2.24) is 0 Å². The Hall–Kier alpha value is -0.940. The van der Waals surface area contributed by atoms with E-state index in [1.165, 1.54) is 0 Å². The Balaban J connectivity index is 4.53. The summed E-state index contributed by atoms with van der Waals surface area (Å²) in [6.07, 6.45) is 3.57. The minimum atomic E-state index is -1.75. The molecule has 0 aromatic heterocycles. The zero-order valence-electron chi connectivity index (χ0n) is 12.2. The summed E-state index contributed by atoms with van der Waals surface area (Å²) in [5.41, 5.74) is -1.75. The van der Waals surface area contributed by atoms with Gasteiger partial charge in [0, 0.05) is 13.2 Å². The lowest BCUT2D eigenvalue weighted by Gasteiger charge is -2.26. The normalized spacial score (nSPS) is 14.1. The summed E-state index contributed by atoms with van der Waals surface area (Å²) < 4.78 is 10.6. The van der Waals surface area contributed by atoms with Crippen LogP contribution in [-0.2, 0) is 19.1 Å². The second-order valence-electron chi connectivity index (χ2n) is 4.52. The highest BCUT2D eigenvalue weighted by atomic mass is 16.5. The zero-order chi connectivity index (χ0) is 14.7. The van der Waals surface area contributed by atoms with Crippen LogP contribution < -0.4 is 0 Å². The van der Waals surface area contributed by atoms with Gasteiger partial charge in [0.2, 0.25) is 11.4 Å². The number of unbranched alkanes of at least 4 members (excludes halogenated alkanes) is 2. The van der Waals surface area contributed by atoms with Gasteiger partial charge >= 0.3 is 5.97 Å². The molecule has 1 N–H and O–H groups in total. The van der Waals surface area contributed by atoms with Crippen LogP contribution in [0.2, 0.25) is 0 Å². The van der Waals surface area contributed by atoms with Gasteiger partial charge in [-0.3, -0.25) is 4.79 Å². The van der Waals surface area contributed by atoms with Crippen LogP contribution in [0.1, 0.15) is 52.9 Å². The molecule has 0 aromatic rings. The van der Waals surface area contributed by atoms with Crippen molar-refractivity contribution >= 4 is 11.8 Å². The van der Waals surface area contributed by atoms with Gasteiger partial charge < -0.3 is 14.6 Å². The predicted molar refractivity (Wildman–Crippen MR) is 72.3 cm³/mol. The van der Waals surface area contributed by atoms with Crippen LogP contribution in [0.5, 0.6) is 0 Å². The number of hydrogen-bond donors (Lipinski definition) is 1. The minimum absolute atomic E-state index is 0.113. The van der Waals surface area contributed by atoms with Gasteiger partial charge in [-0.25, -0.2) is 4.79 Å². The molecule has 5 heteroatoms. The lowest BCUT2D eigenvalue weighted by molar-refractivity contribution is -0.175. The van der Waals surface area contributed by atoms with E-state index in [-0.39, 0.29) is 19.6 Å². The van der Waals surface area contributed by atoms with Gasteiger partial charge in [0.15, 0.2) is 0 Å². The molecule has 0 aliphatic heterocycles. The maximum absolute atomic E-state index is 12.1. The van der Waals surface area contributed by atoms with Gasteiger partial charge in [-0.05, 0) is 19.3 Å². The Kier molecular flexibility index (Phi) is 9.43. The molecule has 1 unspecified atom stereocenters. The average molecular weight is 274 g/mol. The second kappa shape index (κ2) is 9.92. The lowest BCUT2D eigenvalue weighted by atomic mass is 9.95. The summed E-state index contributed by atoms with van der Waals surface area (Å²) in [6.45, 7) is 6.18. The summed E-state index contributed by atoms with van der Waals surface area (Å²) in [4.78, 5) is 23.4. The smallest absolute Gasteiger partial charge is 0.343 e. The van der Waals surface area contributed by atoms with E-state index < -0.39 is 17.4 Å². The number of carbonyl (C=O) groups excluding carboxylic acids is 1. The molecule has 19 heavy (non-hydrogen) atoms. The van der Waals surface area contributed by atoms with E-state index in [9.17, 15) is 14.7 Å². The van der Waals surface area contributed by atoms with E-state index in [2.05, 4.69) is 0 Å². The molecule has 0 fully saturated rings. The fraction of sp³-hybridized carbons (Fsp3) is 0.857. The van der Waals surface area contributed by atoms with Crippen molar-refractivity contribution in [3.8, 4) is 0 Å². The first kappa shape index (κ1) is 18.1. The second-order valence-corrected chi connectivity index (χ2v) is 4.52. The maximum atomic E-state index is 12.1. The van der Waals surface area contributed by atoms with Gasteiger partial charge in [0.25, 0.3) is 0 Å². The third-order valence-corrected chi connectivity index (χ3v) is 3.02. The van der Waals surface area contributed by atoms with E-state index in [1.807, 2.05) is 13.8 Å².